The summed E-state index contributed by atoms with van der Waals surface area (Å²) in [6, 6.07) is 11.4. The van der Waals surface area contributed by atoms with Gasteiger partial charge in [0.25, 0.3) is 0 Å². The molecule has 1 aromatic heterocycles. The van der Waals surface area contributed by atoms with Crippen molar-refractivity contribution in [1.29, 1.82) is 5.26 Å². The van der Waals surface area contributed by atoms with E-state index >= 15 is 0 Å². The van der Waals surface area contributed by atoms with Crippen LogP contribution in [0.2, 0.25) is 5.02 Å². The van der Waals surface area contributed by atoms with E-state index in [2.05, 4.69) is 28.7 Å². The first-order chi connectivity index (χ1) is 8.63. The second-order valence-corrected chi connectivity index (χ2v) is 6.05. The van der Waals surface area contributed by atoms with Gasteiger partial charge in [0.15, 0.2) is 0 Å². The predicted octanol–water partition coefficient (Wildman–Crippen LogP) is 4.36. The molecule has 2 aromatic rings. The van der Waals surface area contributed by atoms with Gasteiger partial charge in [-0.1, -0.05) is 17.7 Å². The van der Waals surface area contributed by atoms with E-state index in [0.29, 0.717) is 16.3 Å². The maximum Gasteiger partial charge on any atom is 0.103 e. The van der Waals surface area contributed by atoms with E-state index in [1.165, 1.54) is 11.3 Å². The van der Waals surface area contributed by atoms with Crippen molar-refractivity contribution in [3.8, 4) is 6.07 Å². The molecule has 0 bridgehead atoms. The van der Waals surface area contributed by atoms with Crippen molar-refractivity contribution < 1.29 is 0 Å². The van der Waals surface area contributed by atoms with E-state index in [1.807, 2.05) is 23.6 Å². The highest BCUT2D eigenvalue weighted by molar-refractivity contribution is 14.1. The minimum Gasteiger partial charge on any atom is -0.397 e. The molecule has 0 aliphatic rings. The second kappa shape index (κ2) is 5.74. The highest BCUT2D eigenvalue weighted by atomic mass is 127. The van der Waals surface area contributed by atoms with Gasteiger partial charge in [-0.2, -0.15) is 5.26 Å². The lowest BCUT2D eigenvalue weighted by Gasteiger charge is -2.07. The molecule has 90 valence electrons. The van der Waals surface area contributed by atoms with Crippen LogP contribution < -0.4 is 5.73 Å². The number of hydrogen-bond donors (Lipinski definition) is 1. The van der Waals surface area contributed by atoms with Crippen LogP contribution in [-0.4, -0.2) is 0 Å². The van der Waals surface area contributed by atoms with Crippen molar-refractivity contribution in [2.75, 3.05) is 0 Å². The molecule has 2 N–H and O–H groups in total. The maximum absolute atomic E-state index is 9.27. The number of nitrogens with zero attached hydrogens (tertiary/aromatic N) is 1. The Labute approximate surface area is 128 Å². The molecule has 0 saturated heterocycles. The van der Waals surface area contributed by atoms with Crippen molar-refractivity contribution >= 4 is 56.8 Å². The van der Waals surface area contributed by atoms with Crippen LogP contribution in [0, 0.1) is 14.9 Å². The van der Waals surface area contributed by atoms with Gasteiger partial charge in [-0.05, 0) is 52.2 Å². The summed E-state index contributed by atoms with van der Waals surface area (Å²) in [5.74, 6) is 0. The Kier molecular flexibility index (Phi) is 4.27. The SMILES string of the molecule is N#C/C(=C(/N)c1cc(Cl)ccc1I)c1cccs1. The van der Waals surface area contributed by atoms with Gasteiger partial charge in [0.2, 0.25) is 0 Å². The minimum atomic E-state index is 0.465. The Bertz CT molecular complexity index is 642. The first-order valence-corrected chi connectivity index (χ1v) is 7.36. The summed E-state index contributed by atoms with van der Waals surface area (Å²) in [4.78, 5) is 0.866. The van der Waals surface area contributed by atoms with Crippen LogP contribution in [0.4, 0.5) is 0 Å². The van der Waals surface area contributed by atoms with E-state index in [0.717, 1.165) is 14.0 Å². The summed E-state index contributed by atoms with van der Waals surface area (Å²) in [5, 5.41) is 11.8. The quantitative estimate of drug-likeness (QED) is 0.616. The zero-order valence-corrected chi connectivity index (χ0v) is 12.9. The fraction of sp³-hybridized carbons (Fsp3) is 0. The molecule has 18 heavy (non-hydrogen) atoms. The summed E-state index contributed by atoms with van der Waals surface area (Å²) in [7, 11) is 0. The fourth-order valence-electron chi connectivity index (χ4n) is 1.51. The summed E-state index contributed by atoms with van der Waals surface area (Å²) >= 11 is 9.65. The topological polar surface area (TPSA) is 49.8 Å². The average molecular weight is 387 g/mol. The molecule has 2 nitrogen and oxygen atoms in total. The largest absolute Gasteiger partial charge is 0.397 e. The monoisotopic (exact) mass is 386 g/mol. The highest BCUT2D eigenvalue weighted by Crippen LogP contribution is 2.29. The molecule has 0 aliphatic carbocycles. The Morgan fingerprint density at radius 2 is 2.17 bits per heavy atom. The lowest BCUT2D eigenvalue weighted by molar-refractivity contribution is 1.47. The van der Waals surface area contributed by atoms with Crippen LogP contribution in [-0.2, 0) is 0 Å². The first-order valence-electron chi connectivity index (χ1n) is 5.02. The number of nitriles is 1. The summed E-state index contributed by atoms with van der Waals surface area (Å²) < 4.78 is 0.971. The highest BCUT2D eigenvalue weighted by Gasteiger charge is 2.12. The molecule has 0 fully saturated rings. The number of benzene rings is 1. The lowest BCUT2D eigenvalue weighted by Crippen LogP contribution is -2.02. The zero-order valence-electron chi connectivity index (χ0n) is 9.15. The number of nitrogens with two attached hydrogens (primary N) is 1. The molecule has 1 aromatic carbocycles. The van der Waals surface area contributed by atoms with Crippen LogP contribution >= 0.6 is 45.5 Å². The van der Waals surface area contributed by atoms with Crippen LogP contribution in [0.25, 0.3) is 11.3 Å². The van der Waals surface area contributed by atoms with Crippen molar-refractivity contribution in [3.63, 3.8) is 0 Å². The van der Waals surface area contributed by atoms with Gasteiger partial charge < -0.3 is 5.73 Å². The van der Waals surface area contributed by atoms with Gasteiger partial charge in [-0.25, -0.2) is 0 Å². The Balaban J connectivity index is 2.62. The number of hydrogen-bond acceptors (Lipinski definition) is 3. The third kappa shape index (κ3) is 2.69. The van der Waals surface area contributed by atoms with Crippen molar-refractivity contribution in [2.45, 2.75) is 0 Å². The Morgan fingerprint density at radius 3 is 2.78 bits per heavy atom. The fourth-order valence-corrected chi connectivity index (χ4v) is 3.04. The zero-order chi connectivity index (χ0) is 13.1. The molecular formula is C13H8ClIN2S. The van der Waals surface area contributed by atoms with Crippen molar-refractivity contribution in [1.82, 2.24) is 0 Å². The van der Waals surface area contributed by atoms with Crippen LogP contribution in [0.3, 0.4) is 0 Å². The third-order valence-corrected chi connectivity index (χ3v) is 4.43. The standard InChI is InChI=1S/C13H8ClIN2S/c14-8-3-4-11(15)9(6-8)13(17)10(7-16)12-2-1-5-18-12/h1-6H,17H2/b13-10-. The minimum absolute atomic E-state index is 0.465. The van der Waals surface area contributed by atoms with E-state index in [4.69, 9.17) is 17.3 Å². The van der Waals surface area contributed by atoms with Crippen LogP contribution in [0.1, 0.15) is 10.4 Å². The molecule has 2 rings (SSSR count). The Hall–Kier alpha value is -1.03. The van der Waals surface area contributed by atoms with E-state index < -0.39 is 0 Å². The molecule has 0 radical (unpaired) electrons. The van der Waals surface area contributed by atoms with E-state index in [-0.39, 0.29) is 0 Å². The van der Waals surface area contributed by atoms with Crippen LogP contribution in [0.5, 0.6) is 0 Å². The van der Waals surface area contributed by atoms with Gasteiger partial charge >= 0.3 is 0 Å². The van der Waals surface area contributed by atoms with Crippen molar-refractivity contribution in [3.05, 3.63) is 54.7 Å². The van der Waals surface area contributed by atoms with Gasteiger partial charge in [0.1, 0.15) is 6.07 Å². The number of allylic oxidation sites excluding steroid dienone is 1. The molecule has 0 spiro atoms. The second-order valence-electron chi connectivity index (χ2n) is 3.50. The van der Waals surface area contributed by atoms with Crippen LogP contribution in [0.15, 0.2) is 35.7 Å². The molecule has 5 heteroatoms. The maximum atomic E-state index is 9.27. The average Bonchev–Trinajstić information content (AvgIpc) is 2.87. The molecule has 0 amide bonds. The predicted molar refractivity (Wildman–Crippen MR) is 85.1 cm³/mol. The normalized spacial score (nSPS) is 11.8. The number of thiophene rings is 1. The molecule has 0 unspecified atom stereocenters. The van der Waals surface area contributed by atoms with Gasteiger partial charge in [-0.15, -0.1) is 11.3 Å². The summed E-state index contributed by atoms with van der Waals surface area (Å²) in [6.45, 7) is 0. The smallest absolute Gasteiger partial charge is 0.103 e. The van der Waals surface area contributed by atoms with E-state index in [9.17, 15) is 5.26 Å². The molecule has 1 heterocycles. The first kappa shape index (κ1) is 13.4. The van der Waals surface area contributed by atoms with Gasteiger partial charge in [-0.3, -0.25) is 0 Å². The van der Waals surface area contributed by atoms with E-state index in [1.54, 1.807) is 12.1 Å². The molecule has 0 saturated carbocycles. The molecular weight excluding hydrogens is 379 g/mol. The van der Waals surface area contributed by atoms with Gasteiger partial charge in [0, 0.05) is 19.0 Å². The molecule has 0 aliphatic heterocycles. The Morgan fingerprint density at radius 1 is 1.39 bits per heavy atom. The third-order valence-electron chi connectivity index (χ3n) is 2.37. The number of rotatable bonds is 2. The summed E-state index contributed by atoms with van der Waals surface area (Å²) in [6.07, 6.45) is 0. The summed E-state index contributed by atoms with van der Waals surface area (Å²) in [5.41, 5.74) is 7.87. The lowest BCUT2D eigenvalue weighted by atomic mass is 10.1. The van der Waals surface area contributed by atoms with Gasteiger partial charge in [0.05, 0.1) is 11.3 Å². The number of halogens is 2. The van der Waals surface area contributed by atoms with Crippen molar-refractivity contribution in [2.24, 2.45) is 5.73 Å². The molecule has 0 atom stereocenters.